The summed E-state index contributed by atoms with van der Waals surface area (Å²) in [5, 5.41) is 5.89. The highest BCUT2D eigenvalue weighted by atomic mass is 16.6. The normalized spacial score (nSPS) is 11.2. The molecule has 0 fully saturated rings. The molecule has 0 aromatic carbocycles. The van der Waals surface area contributed by atoms with Gasteiger partial charge >= 0.3 is 6.09 Å². The number of alkyl carbamates (subject to hydrolysis) is 1. The molecular formula is C12H21N3O2. The molecule has 0 bridgehead atoms. The van der Waals surface area contributed by atoms with Gasteiger partial charge in [-0.05, 0) is 32.9 Å². The predicted molar refractivity (Wildman–Crippen MR) is 66.7 cm³/mol. The lowest BCUT2D eigenvalue weighted by Crippen LogP contribution is -2.36. The number of ether oxygens (including phenoxy) is 1. The van der Waals surface area contributed by atoms with Crippen LogP contribution in [0.15, 0.2) is 18.3 Å². The van der Waals surface area contributed by atoms with Crippen molar-refractivity contribution in [1.82, 2.24) is 15.6 Å². The van der Waals surface area contributed by atoms with Crippen LogP contribution in [0.4, 0.5) is 4.79 Å². The summed E-state index contributed by atoms with van der Waals surface area (Å²) >= 11 is 0. The molecule has 0 radical (unpaired) electrons. The predicted octanol–water partition coefficient (Wildman–Crippen LogP) is 1.63. The minimum atomic E-state index is -0.443. The van der Waals surface area contributed by atoms with E-state index in [0.717, 1.165) is 12.2 Å². The van der Waals surface area contributed by atoms with E-state index >= 15 is 0 Å². The fourth-order valence-electron chi connectivity index (χ4n) is 1.27. The highest BCUT2D eigenvalue weighted by molar-refractivity contribution is 5.67. The van der Waals surface area contributed by atoms with Crippen LogP contribution >= 0.6 is 0 Å². The Balaban J connectivity index is 2.02. The van der Waals surface area contributed by atoms with E-state index < -0.39 is 5.60 Å². The largest absolute Gasteiger partial charge is 0.444 e. The quantitative estimate of drug-likeness (QED) is 0.684. The lowest BCUT2D eigenvalue weighted by atomic mass is 10.2. The maximum atomic E-state index is 11.3. The summed E-state index contributed by atoms with van der Waals surface area (Å²) in [5.41, 5.74) is 0.684. The van der Waals surface area contributed by atoms with E-state index in [4.69, 9.17) is 4.74 Å². The van der Waals surface area contributed by atoms with Gasteiger partial charge in [0.15, 0.2) is 0 Å². The highest BCUT2D eigenvalue weighted by Crippen LogP contribution is 2.05. The molecule has 5 nitrogen and oxygen atoms in total. The Morgan fingerprint density at radius 3 is 2.76 bits per heavy atom. The number of carbonyl (C=O) groups excluding carboxylic acids is 1. The molecule has 0 aliphatic rings. The topological polar surface area (TPSA) is 66.2 Å². The van der Waals surface area contributed by atoms with Crippen LogP contribution in [-0.4, -0.2) is 29.8 Å². The lowest BCUT2D eigenvalue weighted by Gasteiger charge is -2.19. The minimum absolute atomic E-state index is 0.376. The van der Waals surface area contributed by atoms with Gasteiger partial charge in [0.2, 0.25) is 0 Å². The summed E-state index contributed by atoms with van der Waals surface area (Å²) < 4.78 is 5.11. The molecule has 1 rings (SSSR count). The van der Waals surface area contributed by atoms with Crippen molar-refractivity contribution in [3.8, 4) is 0 Å². The number of hydrogen-bond acceptors (Lipinski definition) is 3. The number of nitrogens with one attached hydrogen (secondary N) is 3. The van der Waals surface area contributed by atoms with E-state index in [1.165, 1.54) is 0 Å². The van der Waals surface area contributed by atoms with Crippen molar-refractivity contribution in [2.75, 3.05) is 13.1 Å². The van der Waals surface area contributed by atoms with Crippen LogP contribution in [0.3, 0.4) is 0 Å². The molecule has 0 saturated carbocycles. The molecule has 0 spiro atoms. The molecule has 1 aromatic heterocycles. The van der Waals surface area contributed by atoms with Crippen LogP contribution in [0, 0.1) is 0 Å². The van der Waals surface area contributed by atoms with E-state index in [1.54, 1.807) is 0 Å². The fourth-order valence-corrected chi connectivity index (χ4v) is 1.27. The molecule has 0 unspecified atom stereocenters. The van der Waals surface area contributed by atoms with Crippen molar-refractivity contribution in [3.05, 3.63) is 24.0 Å². The number of hydrogen-bond donors (Lipinski definition) is 3. The van der Waals surface area contributed by atoms with Crippen molar-refractivity contribution < 1.29 is 9.53 Å². The molecule has 0 aliphatic carbocycles. The summed E-state index contributed by atoms with van der Waals surface area (Å²) in [6, 6.07) is 3.96. The van der Waals surface area contributed by atoms with E-state index in [2.05, 4.69) is 15.6 Å². The number of rotatable bonds is 5. The summed E-state index contributed by atoms with van der Waals surface area (Å²) in [6.45, 7) is 7.55. The van der Waals surface area contributed by atoms with Crippen molar-refractivity contribution in [2.24, 2.45) is 0 Å². The van der Waals surface area contributed by atoms with Crippen LogP contribution < -0.4 is 10.6 Å². The third-order valence-corrected chi connectivity index (χ3v) is 1.95. The Labute approximate surface area is 102 Å². The third kappa shape index (κ3) is 6.63. The van der Waals surface area contributed by atoms with Crippen molar-refractivity contribution >= 4 is 6.09 Å². The second kappa shape index (κ2) is 6.30. The third-order valence-electron chi connectivity index (χ3n) is 1.95. The first-order chi connectivity index (χ1) is 7.97. The van der Waals surface area contributed by atoms with Gasteiger partial charge in [-0.15, -0.1) is 0 Å². The minimum Gasteiger partial charge on any atom is -0.444 e. The monoisotopic (exact) mass is 239 g/mol. The second-order valence-electron chi connectivity index (χ2n) is 4.80. The molecule has 1 heterocycles. The summed E-state index contributed by atoms with van der Waals surface area (Å²) in [4.78, 5) is 14.4. The zero-order chi connectivity index (χ0) is 12.7. The summed E-state index contributed by atoms with van der Waals surface area (Å²) in [6.07, 6.45) is 1.51. The Kier molecular flexibility index (Phi) is 5.03. The fraction of sp³-hybridized carbons (Fsp3) is 0.583. The Bertz CT molecular complexity index is 328. The number of aromatic nitrogens is 1. The average Bonchev–Trinajstić information content (AvgIpc) is 2.67. The van der Waals surface area contributed by atoms with Gasteiger partial charge in [-0.2, -0.15) is 0 Å². The second-order valence-corrected chi connectivity index (χ2v) is 4.80. The van der Waals surface area contributed by atoms with Crippen LogP contribution in [0.25, 0.3) is 0 Å². The smallest absolute Gasteiger partial charge is 0.407 e. The summed E-state index contributed by atoms with van der Waals surface area (Å²) in [5.74, 6) is 0. The number of carbonyl (C=O) groups is 1. The lowest BCUT2D eigenvalue weighted by molar-refractivity contribution is 0.0528. The molecule has 5 heteroatoms. The maximum absolute atomic E-state index is 11.3. The Morgan fingerprint density at radius 2 is 2.18 bits per heavy atom. The molecule has 0 saturated heterocycles. The van der Waals surface area contributed by atoms with Gasteiger partial charge < -0.3 is 20.4 Å². The Morgan fingerprint density at radius 1 is 1.41 bits per heavy atom. The first-order valence-electron chi connectivity index (χ1n) is 5.77. The van der Waals surface area contributed by atoms with Crippen molar-refractivity contribution in [3.63, 3.8) is 0 Å². The van der Waals surface area contributed by atoms with E-state index in [0.29, 0.717) is 13.1 Å². The first kappa shape index (κ1) is 13.6. The molecule has 0 atom stereocenters. The van der Waals surface area contributed by atoms with Gasteiger partial charge in [-0.3, -0.25) is 0 Å². The number of aromatic amines is 1. The maximum Gasteiger partial charge on any atom is 0.407 e. The van der Waals surface area contributed by atoms with Crippen LogP contribution in [0.1, 0.15) is 26.5 Å². The van der Waals surface area contributed by atoms with E-state index in [9.17, 15) is 4.79 Å². The van der Waals surface area contributed by atoms with Gasteiger partial charge in [-0.25, -0.2) is 4.79 Å². The van der Waals surface area contributed by atoms with Gasteiger partial charge in [-0.1, -0.05) is 0 Å². The number of amides is 1. The van der Waals surface area contributed by atoms with E-state index in [1.807, 2.05) is 39.1 Å². The van der Waals surface area contributed by atoms with E-state index in [-0.39, 0.29) is 6.09 Å². The molecule has 17 heavy (non-hydrogen) atoms. The zero-order valence-corrected chi connectivity index (χ0v) is 10.7. The SMILES string of the molecule is CC(C)(C)OC(=O)NCCNCc1ccc[nH]1. The molecule has 1 aromatic rings. The highest BCUT2D eigenvalue weighted by Gasteiger charge is 2.15. The first-order valence-corrected chi connectivity index (χ1v) is 5.77. The standard InChI is InChI=1S/C12H21N3O2/c1-12(2,3)17-11(16)15-8-7-13-9-10-5-4-6-14-10/h4-6,13-14H,7-9H2,1-3H3,(H,15,16). The van der Waals surface area contributed by atoms with Crippen LogP contribution in [0.2, 0.25) is 0 Å². The average molecular weight is 239 g/mol. The zero-order valence-electron chi connectivity index (χ0n) is 10.7. The summed E-state index contributed by atoms with van der Waals surface area (Å²) in [7, 11) is 0. The van der Waals surface area contributed by atoms with Gasteiger partial charge in [0.05, 0.1) is 0 Å². The van der Waals surface area contributed by atoms with Crippen LogP contribution in [0.5, 0.6) is 0 Å². The molecule has 0 aliphatic heterocycles. The van der Waals surface area contributed by atoms with Gasteiger partial charge in [0, 0.05) is 31.5 Å². The molecule has 3 N–H and O–H groups in total. The molecule has 1 amide bonds. The molecule has 96 valence electrons. The van der Waals surface area contributed by atoms with Gasteiger partial charge in [0.25, 0.3) is 0 Å². The Hall–Kier alpha value is -1.49. The van der Waals surface area contributed by atoms with Crippen LogP contribution in [-0.2, 0) is 11.3 Å². The van der Waals surface area contributed by atoms with Crippen molar-refractivity contribution in [2.45, 2.75) is 32.9 Å². The number of H-pyrrole nitrogens is 1. The van der Waals surface area contributed by atoms with Crippen molar-refractivity contribution in [1.29, 1.82) is 0 Å². The molecular weight excluding hydrogens is 218 g/mol. The van der Waals surface area contributed by atoms with Gasteiger partial charge in [0.1, 0.15) is 5.60 Å².